The molecule has 0 atom stereocenters. The van der Waals surface area contributed by atoms with E-state index < -0.39 is 0 Å². The van der Waals surface area contributed by atoms with Gasteiger partial charge in [-0.05, 0) is 71.3 Å². The van der Waals surface area contributed by atoms with Crippen LogP contribution >= 0.6 is 22.6 Å². The number of H-pyrrole nitrogens is 1. The zero-order valence-electron chi connectivity index (χ0n) is 13.9. The average molecular weight is 457 g/mol. The third-order valence-corrected chi connectivity index (χ3v) is 5.09. The van der Waals surface area contributed by atoms with E-state index >= 15 is 0 Å². The van der Waals surface area contributed by atoms with Crippen LogP contribution in [0, 0.1) is 3.57 Å². The quantitative estimate of drug-likeness (QED) is 0.458. The Kier molecular flexibility index (Phi) is 4.58. The van der Waals surface area contributed by atoms with Crippen molar-refractivity contribution in [3.8, 4) is 5.88 Å². The van der Waals surface area contributed by atoms with E-state index in [4.69, 9.17) is 0 Å². The van der Waals surface area contributed by atoms with E-state index in [0.29, 0.717) is 16.3 Å². The van der Waals surface area contributed by atoms with Crippen LogP contribution in [0.2, 0.25) is 0 Å². The molecule has 0 radical (unpaired) electrons. The molecule has 1 aliphatic rings. The number of aliphatic imine (C=N–C) groups is 2. The Hall–Kier alpha value is -2.48. The van der Waals surface area contributed by atoms with Crippen LogP contribution in [0.25, 0.3) is 10.8 Å². The Balaban J connectivity index is 1.70. The molecule has 0 bridgehead atoms. The average Bonchev–Trinajstić information content (AvgIpc) is 3.16. The van der Waals surface area contributed by atoms with Crippen molar-refractivity contribution < 1.29 is 5.11 Å². The van der Waals surface area contributed by atoms with Crippen LogP contribution < -0.4 is 5.56 Å². The highest BCUT2D eigenvalue weighted by Crippen LogP contribution is 2.24. The number of pyridine rings is 1. The van der Waals surface area contributed by atoms with Crippen LogP contribution in [0.3, 0.4) is 0 Å². The van der Waals surface area contributed by atoms with E-state index in [1.165, 1.54) is 0 Å². The minimum absolute atomic E-state index is 0.176. The normalized spacial score (nSPS) is 14.3. The SMILES string of the molecule is O=c1[nH]c(O)c(C=Nc2ccc(C3=NCCC3)cc2)c2cc(I)ccc12. The van der Waals surface area contributed by atoms with Crippen molar-refractivity contribution in [1.29, 1.82) is 0 Å². The molecule has 0 spiro atoms. The molecule has 0 amide bonds. The van der Waals surface area contributed by atoms with E-state index in [1.54, 1.807) is 12.3 Å². The first-order chi connectivity index (χ1) is 12.6. The molecule has 0 unspecified atom stereocenters. The van der Waals surface area contributed by atoms with E-state index in [9.17, 15) is 9.90 Å². The lowest BCUT2D eigenvalue weighted by Gasteiger charge is -2.05. The van der Waals surface area contributed by atoms with E-state index in [0.717, 1.165) is 39.9 Å². The first-order valence-corrected chi connectivity index (χ1v) is 9.42. The van der Waals surface area contributed by atoms with Gasteiger partial charge in [0.25, 0.3) is 5.56 Å². The number of benzene rings is 2. The molecule has 2 N–H and O–H groups in total. The smallest absolute Gasteiger partial charge is 0.258 e. The third-order valence-electron chi connectivity index (χ3n) is 4.42. The van der Waals surface area contributed by atoms with Crippen molar-refractivity contribution in [2.75, 3.05) is 6.54 Å². The van der Waals surface area contributed by atoms with Crippen molar-refractivity contribution >= 4 is 51.0 Å². The fraction of sp³-hybridized carbons (Fsp3) is 0.150. The number of rotatable bonds is 3. The highest BCUT2D eigenvalue weighted by Gasteiger charge is 2.10. The lowest BCUT2D eigenvalue weighted by atomic mass is 10.1. The maximum atomic E-state index is 12.0. The summed E-state index contributed by atoms with van der Waals surface area (Å²) < 4.78 is 0.983. The molecule has 0 fully saturated rings. The van der Waals surface area contributed by atoms with Crippen LogP contribution in [-0.4, -0.2) is 28.6 Å². The van der Waals surface area contributed by atoms with Gasteiger partial charge in [0.2, 0.25) is 5.88 Å². The minimum atomic E-state index is -0.312. The second-order valence-electron chi connectivity index (χ2n) is 6.14. The van der Waals surface area contributed by atoms with Crippen molar-refractivity contribution in [3.63, 3.8) is 0 Å². The molecular weight excluding hydrogens is 441 g/mol. The molecule has 0 aliphatic carbocycles. The monoisotopic (exact) mass is 457 g/mol. The summed E-state index contributed by atoms with van der Waals surface area (Å²) in [6.07, 6.45) is 3.73. The summed E-state index contributed by atoms with van der Waals surface area (Å²) in [7, 11) is 0. The summed E-state index contributed by atoms with van der Waals surface area (Å²) in [5.41, 5.74) is 3.25. The number of aromatic nitrogens is 1. The molecule has 130 valence electrons. The third kappa shape index (κ3) is 3.29. The lowest BCUT2D eigenvalue weighted by Crippen LogP contribution is -2.08. The number of hydrogen-bond donors (Lipinski definition) is 2. The molecule has 6 heteroatoms. The summed E-state index contributed by atoms with van der Waals surface area (Å²) in [5, 5.41) is 11.4. The summed E-state index contributed by atoms with van der Waals surface area (Å²) in [4.78, 5) is 23.5. The van der Waals surface area contributed by atoms with Crippen molar-refractivity contribution in [2.24, 2.45) is 9.98 Å². The van der Waals surface area contributed by atoms with Gasteiger partial charge in [-0.25, -0.2) is 0 Å². The fourth-order valence-electron chi connectivity index (χ4n) is 3.09. The van der Waals surface area contributed by atoms with Gasteiger partial charge >= 0.3 is 0 Å². The Morgan fingerprint density at radius 1 is 1.15 bits per heavy atom. The predicted octanol–water partition coefficient (Wildman–Crippen LogP) is 4.17. The van der Waals surface area contributed by atoms with Gasteiger partial charge in [-0.3, -0.25) is 19.8 Å². The van der Waals surface area contributed by atoms with E-state index in [2.05, 4.69) is 37.6 Å². The summed E-state index contributed by atoms with van der Waals surface area (Å²) in [5.74, 6) is -0.176. The summed E-state index contributed by atoms with van der Waals surface area (Å²) >= 11 is 2.18. The maximum Gasteiger partial charge on any atom is 0.258 e. The molecular formula is C20H16IN3O2. The maximum absolute atomic E-state index is 12.0. The Morgan fingerprint density at radius 3 is 2.69 bits per heavy atom. The summed E-state index contributed by atoms with van der Waals surface area (Å²) in [6, 6.07) is 13.4. The van der Waals surface area contributed by atoms with Gasteiger partial charge in [-0.2, -0.15) is 0 Å². The Labute approximate surface area is 163 Å². The molecule has 26 heavy (non-hydrogen) atoms. The predicted molar refractivity (Wildman–Crippen MR) is 113 cm³/mol. The van der Waals surface area contributed by atoms with Crippen LogP contribution in [0.15, 0.2) is 57.2 Å². The standard InChI is InChI=1S/C20H16IN3O2/c21-13-5-8-15-16(10-13)17(20(26)24-19(15)25)11-23-14-6-3-12(4-7-14)18-2-1-9-22-18/h3-8,10-11H,1-2,9H2,(H2,24,25,26). The van der Waals surface area contributed by atoms with Gasteiger partial charge in [0, 0.05) is 32.8 Å². The first-order valence-electron chi connectivity index (χ1n) is 8.34. The van der Waals surface area contributed by atoms with Gasteiger partial charge in [0.1, 0.15) is 0 Å². The number of nitrogens with zero attached hydrogens (tertiary/aromatic N) is 2. The van der Waals surface area contributed by atoms with E-state index in [1.807, 2.05) is 36.4 Å². The van der Waals surface area contributed by atoms with Gasteiger partial charge in [-0.15, -0.1) is 0 Å². The number of aromatic amines is 1. The molecule has 2 aromatic carbocycles. The number of nitrogens with one attached hydrogen (secondary N) is 1. The van der Waals surface area contributed by atoms with Gasteiger partial charge in [-0.1, -0.05) is 12.1 Å². The molecule has 0 saturated heterocycles. The topological polar surface area (TPSA) is 77.8 Å². The molecule has 5 nitrogen and oxygen atoms in total. The van der Waals surface area contributed by atoms with Crippen LogP contribution in [0.5, 0.6) is 5.88 Å². The molecule has 2 heterocycles. The zero-order valence-corrected chi connectivity index (χ0v) is 16.0. The van der Waals surface area contributed by atoms with Gasteiger partial charge in [0.15, 0.2) is 0 Å². The van der Waals surface area contributed by atoms with Crippen LogP contribution in [0.1, 0.15) is 24.0 Å². The number of fused-ring (bicyclic) bond motifs is 1. The van der Waals surface area contributed by atoms with Crippen molar-refractivity contribution in [3.05, 3.63) is 67.5 Å². The molecule has 0 saturated carbocycles. The van der Waals surface area contributed by atoms with Crippen LogP contribution in [-0.2, 0) is 0 Å². The summed E-state index contributed by atoms with van der Waals surface area (Å²) in [6.45, 7) is 0.909. The number of hydrogen-bond acceptors (Lipinski definition) is 4. The Morgan fingerprint density at radius 2 is 1.96 bits per heavy atom. The minimum Gasteiger partial charge on any atom is -0.494 e. The van der Waals surface area contributed by atoms with E-state index in [-0.39, 0.29) is 11.4 Å². The zero-order chi connectivity index (χ0) is 18.1. The Bertz CT molecular complexity index is 1100. The second-order valence-corrected chi connectivity index (χ2v) is 7.39. The molecule has 1 aliphatic heterocycles. The van der Waals surface area contributed by atoms with Crippen LogP contribution in [0.4, 0.5) is 5.69 Å². The van der Waals surface area contributed by atoms with Crippen molar-refractivity contribution in [2.45, 2.75) is 12.8 Å². The largest absolute Gasteiger partial charge is 0.494 e. The van der Waals surface area contributed by atoms with Gasteiger partial charge in [0.05, 0.1) is 11.3 Å². The molecule has 1 aromatic heterocycles. The van der Waals surface area contributed by atoms with Crippen molar-refractivity contribution in [1.82, 2.24) is 4.98 Å². The lowest BCUT2D eigenvalue weighted by molar-refractivity contribution is 0.452. The highest BCUT2D eigenvalue weighted by molar-refractivity contribution is 14.1. The fourth-order valence-corrected chi connectivity index (χ4v) is 3.58. The highest BCUT2D eigenvalue weighted by atomic mass is 127. The first kappa shape index (κ1) is 17.0. The number of halogens is 1. The number of aromatic hydroxyl groups is 1. The molecule has 4 rings (SSSR count). The second kappa shape index (κ2) is 7.03. The molecule has 3 aromatic rings. The van der Waals surface area contributed by atoms with Gasteiger partial charge < -0.3 is 5.11 Å².